The SMILES string of the molecule is O=Cc1ccc(OCCCCN2CCCCC2)cc1. The number of likely N-dealkylation sites (tertiary alicyclic amines) is 1. The van der Waals surface area contributed by atoms with Crippen LogP contribution in [0.5, 0.6) is 5.75 Å². The molecule has 1 aliphatic rings. The molecule has 1 heterocycles. The van der Waals surface area contributed by atoms with E-state index in [4.69, 9.17) is 4.74 Å². The van der Waals surface area contributed by atoms with E-state index in [1.807, 2.05) is 12.1 Å². The van der Waals surface area contributed by atoms with E-state index in [2.05, 4.69) is 4.90 Å². The van der Waals surface area contributed by atoms with Crippen molar-refractivity contribution in [1.82, 2.24) is 4.90 Å². The van der Waals surface area contributed by atoms with E-state index in [1.54, 1.807) is 12.1 Å². The Hall–Kier alpha value is -1.35. The summed E-state index contributed by atoms with van der Waals surface area (Å²) in [6, 6.07) is 7.29. The number of nitrogens with zero attached hydrogens (tertiary/aromatic N) is 1. The monoisotopic (exact) mass is 261 g/mol. The first-order valence-corrected chi connectivity index (χ1v) is 7.29. The van der Waals surface area contributed by atoms with E-state index in [0.29, 0.717) is 5.56 Å². The largest absolute Gasteiger partial charge is 0.494 e. The van der Waals surface area contributed by atoms with E-state index >= 15 is 0 Å². The number of benzene rings is 1. The van der Waals surface area contributed by atoms with Crippen molar-refractivity contribution in [2.24, 2.45) is 0 Å². The van der Waals surface area contributed by atoms with Gasteiger partial charge in [-0.05, 0) is 69.6 Å². The summed E-state index contributed by atoms with van der Waals surface area (Å²) >= 11 is 0. The number of carbonyl (C=O) groups excluding carboxylic acids is 1. The Balaban J connectivity index is 1.56. The molecule has 1 aromatic rings. The van der Waals surface area contributed by atoms with Crippen molar-refractivity contribution >= 4 is 6.29 Å². The maximum atomic E-state index is 10.5. The molecule has 0 radical (unpaired) electrons. The Bertz CT molecular complexity index is 369. The molecule has 0 bridgehead atoms. The molecule has 2 rings (SSSR count). The molecule has 1 aliphatic heterocycles. The molecule has 0 atom stereocenters. The van der Waals surface area contributed by atoms with E-state index < -0.39 is 0 Å². The van der Waals surface area contributed by atoms with Crippen LogP contribution in [0.4, 0.5) is 0 Å². The molecule has 0 saturated carbocycles. The normalized spacial score (nSPS) is 16.2. The lowest BCUT2D eigenvalue weighted by molar-refractivity contribution is 0.112. The quantitative estimate of drug-likeness (QED) is 0.558. The molecule has 3 nitrogen and oxygen atoms in total. The summed E-state index contributed by atoms with van der Waals surface area (Å²) < 4.78 is 5.66. The Morgan fingerprint density at radius 1 is 1.05 bits per heavy atom. The molecule has 3 heteroatoms. The third-order valence-electron chi connectivity index (χ3n) is 3.60. The predicted molar refractivity (Wildman–Crippen MR) is 76.8 cm³/mol. The first kappa shape index (κ1) is 14.1. The summed E-state index contributed by atoms with van der Waals surface area (Å²) in [7, 11) is 0. The molecular weight excluding hydrogens is 238 g/mol. The molecule has 0 aromatic heterocycles. The van der Waals surface area contributed by atoms with E-state index in [1.165, 1.54) is 45.3 Å². The first-order valence-electron chi connectivity index (χ1n) is 7.29. The second-order valence-electron chi connectivity index (χ2n) is 5.14. The summed E-state index contributed by atoms with van der Waals surface area (Å²) in [6.45, 7) is 4.50. The summed E-state index contributed by atoms with van der Waals surface area (Å²) in [5.41, 5.74) is 0.692. The van der Waals surface area contributed by atoms with Crippen molar-refractivity contribution in [2.75, 3.05) is 26.2 Å². The van der Waals surface area contributed by atoms with Crippen LogP contribution in [0, 0.1) is 0 Å². The van der Waals surface area contributed by atoms with Crippen LogP contribution in [0.1, 0.15) is 42.5 Å². The topological polar surface area (TPSA) is 29.5 Å². The minimum absolute atomic E-state index is 0.692. The highest BCUT2D eigenvalue weighted by Crippen LogP contribution is 2.12. The molecular formula is C16H23NO2. The van der Waals surface area contributed by atoms with Crippen molar-refractivity contribution in [3.05, 3.63) is 29.8 Å². The van der Waals surface area contributed by atoms with Gasteiger partial charge in [-0.15, -0.1) is 0 Å². The maximum absolute atomic E-state index is 10.5. The van der Waals surface area contributed by atoms with Gasteiger partial charge >= 0.3 is 0 Å². The van der Waals surface area contributed by atoms with Crippen LogP contribution in [0.2, 0.25) is 0 Å². The number of aldehydes is 1. The molecule has 0 aliphatic carbocycles. The first-order chi connectivity index (χ1) is 9.38. The van der Waals surface area contributed by atoms with Crippen LogP contribution in [0.25, 0.3) is 0 Å². The standard InChI is InChI=1S/C16H23NO2/c18-14-15-6-8-16(9-7-15)19-13-5-4-12-17-10-2-1-3-11-17/h6-9,14H,1-5,10-13H2. The molecule has 1 saturated heterocycles. The Kier molecular flexibility index (Phi) is 5.89. The predicted octanol–water partition coefficient (Wildman–Crippen LogP) is 3.14. The fourth-order valence-electron chi connectivity index (χ4n) is 2.45. The van der Waals surface area contributed by atoms with Gasteiger partial charge in [-0.3, -0.25) is 4.79 Å². The molecule has 104 valence electrons. The zero-order valence-electron chi connectivity index (χ0n) is 11.5. The number of unbranched alkanes of at least 4 members (excludes halogenated alkanes) is 1. The van der Waals surface area contributed by atoms with Gasteiger partial charge in [-0.25, -0.2) is 0 Å². The van der Waals surface area contributed by atoms with Gasteiger partial charge < -0.3 is 9.64 Å². The Morgan fingerprint density at radius 2 is 1.79 bits per heavy atom. The second kappa shape index (κ2) is 7.95. The van der Waals surface area contributed by atoms with Gasteiger partial charge in [0, 0.05) is 5.56 Å². The van der Waals surface area contributed by atoms with Crippen LogP contribution < -0.4 is 4.74 Å². The lowest BCUT2D eigenvalue weighted by atomic mass is 10.1. The van der Waals surface area contributed by atoms with Gasteiger partial charge in [0.25, 0.3) is 0 Å². The molecule has 0 spiro atoms. The lowest BCUT2D eigenvalue weighted by Gasteiger charge is -2.26. The molecule has 0 N–H and O–H groups in total. The average Bonchev–Trinajstić information content (AvgIpc) is 2.49. The van der Waals surface area contributed by atoms with Crippen molar-refractivity contribution in [2.45, 2.75) is 32.1 Å². The third kappa shape index (κ3) is 5.03. The van der Waals surface area contributed by atoms with Crippen LogP contribution in [0.15, 0.2) is 24.3 Å². The van der Waals surface area contributed by atoms with Crippen LogP contribution in [-0.2, 0) is 0 Å². The Morgan fingerprint density at radius 3 is 2.47 bits per heavy atom. The fraction of sp³-hybridized carbons (Fsp3) is 0.562. The highest BCUT2D eigenvalue weighted by atomic mass is 16.5. The molecule has 19 heavy (non-hydrogen) atoms. The van der Waals surface area contributed by atoms with E-state index in [9.17, 15) is 4.79 Å². The smallest absolute Gasteiger partial charge is 0.150 e. The minimum atomic E-state index is 0.692. The summed E-state index contributed by atoms with van der Waals surface area (Å²) in [4.78, 5) is 13.1. The fourth-order valence-corrected chi connectivity index (χ4v) is 2.45. The molecule has 1 aromatic carbocycles. The maximum Gasteiger partial charge on any atom is 0.150 e. The number of piperidine rings is 1. The summed E-state index contributed by atoms with van der Waals surface area (Å²) in [5, 5.41) is 0. The number of hydrogen-bond donors (Lipinski definition) is 0. The second-order valence-corrected chi connectivity index (χ2v) is 5.14. The van der Waals surface area contributed by atoms with Gasteiger partial charge in [0.2, 0.25) is 0 Å². The van der Waals surface area contributed by atoms with Gasteiger partial charge in [-0.1, -0.05) is 6.42 Å². The van der Waals surface area contributed by atoms with Crippen molar-refractivity contribution < 1.29 is 9.53 Å². The third-order valence-corrected chi connectivity index (χ3v) is 3.60. The molecule has 1 fully saturated rings. The van der Waals surface area contributed by atoms with E-state index in [0.717, 1.165) is 25.1 Å². The molecule has 0 unspecified atom stereocenters. The zero-order chi connectivity index (χ0) is 13.3. The van der Waals surface area contributed by atoms with Crippen LogP contribution in [0.3, 0.4) is 0 Å². The van der Waals surface area contributed by atoms with Gasteiger partial charge in [0.15, 0.2) is 0 Å². The number of rotatable bonds is 7. The van der Waals surface area contributed by atoms with Crippen molar-refractivity contribution in [3.8, 4) is 5.75 Å². The van der Waals surface area contributed by atoms with Crippen LogP contribution >= 0.6 is 0 Å². The van der Waals surface area contributed by atoms with Crippen LogP contribution in [-0.4, -0.2) is 37.4 Å². The highest BCUT2D eigenvalue weighted by Gasteiger charge is 2.08. The minimum Gasteiger partial charge on any atom is -0.494 e. The van der Waals surface area contributed by atoms with Gasteiger partial charge in [-0.2, -0.15) is 0 Å². The Labute approximate surface area is 115 Å². The van der Waals surface area contributed by atoms with Gasteiger partial charge in [0.05, 0.1) is 6.61 Å². The highest BCUT2D eigenvalue weighted by molar-refractivity contribution is 5.74. The number of carbonyl (C=O) groups is 1. The van der Waals surface area contributed by atoms with Crippen molar-refractivity contribution in [3.63, 3.8) is 0 Å². The summed E-state index contributed by atoms with van der Waals surface area (Å²) in [5.74, 6) is 0.851. The molecule has 0 amide bonds. The number of hydrogen-bond acceptors (Lipinski definition) is 3. The number of ether oxygens (including phenoxy) is 1. The van der Waals surface area contributed by atoms with Gasteiger partial charge in [0.1, 0.15) is 12.0 Å². The lowest BCUT2D eigenvalue weighted by Crippen LogP contribution is -2.30. The summed E-state index contributed by atoms with van der Waals surface area (Å²) in [6.07, 6.45) is 7.26. The average molecular weight is 261 g/mol. The van der Waals surface area contributed by atoms with Crippen molar-refractivity contribution in [1.29, 1.82) is 0 Å². The zero-order valence-corrected chi connectivity index (χ0v) is 11.5. The van der Waals surface area contributed by atoms with E-state index in [-0.39, 0.29) is 0 Å².